The fourth-order valence-corrected chi connectivity index (χ4v) is 1.49. The Bertz CT molecular complexity index is 647. The van der Waals surface area contributed by atoms with Crippen molar-refractivity contribution in [3.8, 4) is 0 Å². The predicted octanol–water partition coefficient (Wildman–Crippen LogP) is -0.633. The zero-order chi connectivity index (χ0) is 13.8. The molecule has 3 N–H and O–H groups in total. The highest BCUT2D eigenvalue weighted by molar-refractivity contribution is 5.66. The largest absolute Gasteiger partial charge is 0.480 e. The molecular weight excluding hydrogens is 252 g/mol. The summed E-state index contributed by atoms with van der Waals surface area (Å²) in [6.07, 6.45) is 1.52. The summed E-state index contributed by atoms with van der Waals surface area (Å²) in [6.45, 7) is 1.74. The number of hydrogen-bond acceptors (Lipinski definition) is 6. The number of nitrogens with zero attached hydrogens (tertiary/aromatic N) is 4. The molecule has 0 radical (unpaired) electrons. The Morgan fingerprint density at radius 2 is 2.37 bits per heavy atom. The van der Waals surface area contributed by atoms with Crippen molar-refractivity contribution in [3.05, 3.63) is 34.1 Å². The molecule has 100 valence electrons. The molecule has 0 saturated carbocycles. The monoisotopic (exact) mass is 264 g/mol. The van der Waals surface area contributed by atoms with Gasteiger partial charge in [0.2, 0.25) is 0 Å². The van der Waals surface area contributed by atoms with Crippen LogP contribution in [0, 0.1) is 6.92 Å². The van der Waals surface area contributed by atoms with E-state index in [-0.39, 0.29) is 12.1 Å². The maximum Gasteiger partial charge on any atom is 0.325 e. The van der Waals surface area contributed by atoms with Gasteiger partial charge in [-0.25, -0.2) is 9.67 Å². The highest BCUT2D eigenvalue weighted by Crippen LogP contribution is 2.01. The van der Waals surface area contributed by atoms with Crippen LogP contribution in [0.15, 0.2) is 17.1 Å². The van der Waals surface area contributed by atoms with Crippen LogP contribution >= 0.6 is 0 Å². The maximum absolute atomic E-state index is 11.2. The van der Waals surface area contributed by atoms with Crippen LogP contribution in [-0.4, -0.2) is 36.0 Å². The number of carboxylic acid groups (broad SMARTS) is 1. The van der Waals surface area contributed by atoms with Crippen LogP contribution < -0.4 is 10.9 Å². The zero-order valence-electron chi connectivity index (χ0n) is 10.1. The number of hydrogen-bond donors (Lipinski definition) is 3. The minimum Gasteiger partial charge on any atom is -0.480 e. The molecule has 9 heteroatoms. The molecule has 0 saturated heterocycles. The Kier molecular flexibility index (Phi) is 3.55. The second kappa shape index (κ2) is 5.29. The summed E-state index contributed by atoms with van der Waals surface area (Å²) in [5.41, 5.74) is 0.311. The molecule has 2 aromatic rings. The minimum absolute atomic E-state index is 0.241. The van der Waals surface area contributed by atoms with E-state index >= 15 is 0 Å². The summed E-state index contributed by atoms with van der Waals surface area (Å²) < 4.78 is 1.22. The fourth-order valence-electron chi connectivity index (χ4n) is 1.49. The lowest BCUT2D eigenvalue weighted by molar-refractivity contribution is -0.137. The van der Waals surface area contributed by atoms with E-state index in [1.807, 2.05) is 0 Å². The number of aromatic amines is 1. The Labute approximate surface area is 107 Å². The van der Waals surface area contributed by atoms with E-state index in [0.717, 1.165) is 0 Å². The van der Waals surface area contributed by atoms with E-state index < -0.39 is 5.97 Å². The third kappa shape index (κ3) is 3.63. The van der Waals surface area contributed by atoms with Crippen LogP contribution in [0.5, 0.6) is 0 Å². The molecule has 2 rings (SSSR count). The van der Waals surface area contributed by atoms with Crippen LogP contribution in [0.4, 0.5) is 5.82 Å². The molecule has 0 atom stereocenters. The normalized spacial score (nSPS) is 10.4. The maximum atomic E-state index is 11.2. The number of nitrogens with one attached hydrogen (secondary N) is 2. The summed E-state index contributed by atoms with van der Waals surface area (Å²) in [5, 5.41) is 19.0. The van der Waals surface area contributed by atoms with Gasteiger partial charge >= 0.3 is 5.97 Å². The van der Waals surface area contributed by atoms with Gasteiger partial charge in [0.1, 0.15) is 23.9 Å². The summed E-state index contributed by atoms with van der Waals surface area (Å²) in [7, 11) is 0. The summed E-state index contributed by atoms with van der Waals surface area (Å²) in [4.78, 5) is 28.3. The second-order valence-electron chi connectivity index (χ2n) is 3.87. The minimum atomic E-state index is -0.990. The van der Waals surface area contributed by atoms with Crippen LogP contribution in [0.3, 0.4) is 0 Å². The van der Waals surface area contributed by atoms with Crippen LogP contribution in [0.1, 0.15) is 11.5 Å². The lowest BCUT2D eigenvalue weighted by atomic mass is 10.4. The summed E-state index contributed by atoms with van der Waals surface area (Å²) in [5.74, 6) is -0.0603. The van der Waals surface area contributed by atoms with E-state index in [1.165, 1.54) is 16.9 Å². The van der Waals surface area contributed by atoms with Crippen molar-refractivity contribution < 1.29 is 9.90 Å². The number of anilines is 1. The molecule has 0 unspecified atom stereocenters. The highest BCUT2D eigenvalue weighted by Gasteiger charge is 2.05. The first-order valence-electron chi connectivity index (χ1n) is 5.45. The van der Waals surface area contributed by atoms with Crippen molar-refractivity contribution in [1.29, 1.82) is 0 Å². The van der Waals surface area contributed by atoms with E-state index in [4.69, 9.17) is 5.11 Å². The number of aromatic nitrogens is 5. The molecule has 0 aliphatic rings. The molecule has 19 heavy (non-hydrogen) atoms. The van der Waals surface area contributed by atoms with Crippen molar-refractivity contribution in [2.45, 2.75) is 20.0 Å². The molecule has 0 fully saturated rings. The lowest BCUT2D eigenvalue weighted by Gasteiger charge is -2.02. The number of aliphatic carboxylic acids is 1. The number of aryl methyl sites for hydroxylation is 1. The fraction of sp³-hybridized carbons (Fsp3) is 0.300. The van der Waals surface area contributed by atoms with Crippen LogP contribution in [0.2, 0.25) is 0 Å². The van der Waals surface area contributed by atoms with Gasteiger partial charge in [-0.2, -0.15) is 0 Å². The molecule has 2 aromatic heterocycles. The van der Waals surface area contributed by atoms with Gasteiger partial charge in [0.25, 0.3) is 5.56 Å². The van der Waals surface area contributed by atoms with Crippen molar-refractivity contribution in [1.82, 2.24) is 25.0 Å². The summed E-state index contributed by atoms with van der Waals surface area (Å²) in [6, 6.07) is 1.33. The number of carboxylic acids is 1. The topological polar surface area (TPSA) is 126 Å². The van der Waals surface area contributed by atoms with Gasteiger partial charge in [-0.3, -0.25) is 9.59 Å². The van der Waals surface area contributed by atoms with Gasteiger partial charge in [0.15, 0.2) is 0 Å². The lowest BCUT2D eigenvalue weighted by Crippen LogP contribution is -2.12. The average molecular weight is 264 g/mol. The second-order valence-corrected chi connectivity index (χ2v) is 3.87. The molecular formula is C10H12N6O3. The molecule has 9 nitrogen and oxygen atoms in total. The third-order valence-corrected chi connectivity index (χ3v) is 2.19. The number of rotatable bonds is 5. The SMILES string of the molecule is Cc1nc(NCc2cn(CC(=O)O)nn2)cc(=O)[nH]1. The molecule has 2 heterocycles. The Balaban J connectivity index is 2.00. The first-order chi connectivity index (χ1) is 9.02. The van der Waals surface area contributed by atoms with Gasteiger partial charge in [-0.15, -0.1) is 5.10 Å². The van der Waals surface area contributed by atoms with E-state index in [2.05, 4.69) is 25.6 Å². The van der Waals surface area contributed by atoms with Gasteiger partial charge in [-0.1, -0.05) is 5.21 Å². The van der Waals surface area contributed by atoms with Gasteiger partial charge in [0.05, 0.1) is 12.7 Å². The quantitative estimate of drug-likeness (QED) is 0.656. The molecule has 0 spiro atoms. The van der Waals surface area contributed by atoms with E-state index in [0.29, 0.717) is 23.9 Å². The molecule has 0 bridgehead atoms. The van der Waals surface area contributed by atoms with Crippen molar-refractivity contribution in [3.63, 3.8) is 0 Å². The van der Waals surface area contributed by atoms with Crippen LogP contribution in [0.25, 0.3) is 0 Å². The molecule has 0 aliphatic heterocycles. The van der Waals surface area contributed by atoms with Gasteiger partial charge in [-0.05, 0) is 6.92 Å². The molecule has 0 aliphatic carbocycles. The Morgan fingerprint density at radius 3 is 3.05 bits per heavy atom. The summed E-state index contributed by atoms with van der Waals surface area (Å²) >= 11 is 0. The Morgan fingerprint density at radius 1 is 1.58 bits per heavy atom. The van der Waals surface area contributed by atoms with Crippen LogP contribution in [-0.2, 0) is 17.9 Å². The van der Waals surface area contributed by atoms with Crippen molar-refractivity contribution >= 4 is 11.8 Å². The molecule has 0 aromatic carbocycles. The Hall–Kier alpha value is -2.71. The average Bonchev–Trinajstić information content (AvgIpc) is 2.72. The van der Waals surface area contributed by atoms with Crippen molar-refractivity contribution in [2.75, 3.05) is 5.32 Å². The molecule has 0 amide bonds. The van der Waals surface area contributed by atoms with Crippen molar-refractivity contribution in [2.24, 2.45) is 0 Å². The van der Waals surface area contributed by atoms with E-state index in [9.17, 15) is 9.59 Å². The van der Waals surface area contributed by atoms with E-state index in [1.54, 1.807) is 6.92 Å². The van der Waals surface area contributed by atoms with Gasteiger partial charge < -0.3 is 15.4 Å². The first kappa shape index (κ1) is 12.7. The predicted molar refractivity (Wildman–Crippen MR) is 64.6 cm³/mol. The zero-order valence-corrected chi connectivity index (χ0v) is 10.1. The van der Waals surface area contributed by atoms with Gasteiger partial charge in [0, 0.05) is 6.07 Å². The number of H-pyrrole nitrogens is 1. The highest BCUT2D eigenvalue weighted by atomic mass is 16.4. The smallest absolute Gasteiger partial charge is 0.325 e. The first-order valence-corrected chi connectivity index (χ1v) is 5.45. The third-order valence-electron chi connectivity index (χ3n) is 2.19. The number of carbonyl (C=O) groups is 1. The standard InChI is InChI=1S/C10H12N6O3/c1-6-12-8(2-9(17)13-6)11-3-7-4-16(15-14-7)5-10(18)19/h2,4H,3,5H2,1H3,(H,18,19)(H2,11,12,13,17).